The number of rotatable bonds is 0. The fourth-order valence-electron chi connectivity index (χ4n) is 1.76. The van der Waals surface area contributed by atoms with E-state index in [2.05, 4.69) is 0 Å². The van der Waals surface area contributed by atoms with Crippen LogP contribution in [0.25, 0.3) is 0 Å². The van der Waals surface area contributed by atoms with Gasteiger partial charge in [0, 0.05) is 0 Å². The SMILES string of the molecule is Clc1cc(Cl)c2c(c1)Oc1ccccc1[As]2Cl. The molecule has 0 spiro atoms. The van der Waals surface area contributed by atoms with Crippen LogP contribution in [-0.4, -0.2) is 13.7 Å². The van der Waals surface area contributed by atoms with Gasteiger partial charge in [-0.3, -0.25) is 0 Å². The van der Waals surface area contributed by atoms with Gasteiger partial charge in [-0.15, -0.1) is 0 Å². The molecule has 1 nitrogen and oxygen atoms in total. The van der Waals surface area contributed by atoms with Gasteiger partial charge in [-0.1, -0.05) is 0 Å². The summed E-state index contributed by atoms with van der Waals surface area (Å²) in [6, 6.07) is 11.3. The number of hydrogen-bond donors (Lipinski definition) is 0. The van der Waals surface area contributed by atoms with Crippen molar-refractivity contribution in [1.82, 2.24) is 0 Å². The molecule has 1 aliphatic rings. The Morgan fingerprint density at radius 2 is 1.76 bits per heavy atom. The van der Waals surface area contributed by atoms with Crippen molar-refractivity contribution in [2.45, 2.75) is 0 Å². The predicted molar refractivity (Wildman–Crippen MR) is 73.9 cm³/mol. The zero-order chi connectivity index (χ0) is 12.0. The molecule has 5 heteroatoms. The summed E-state index contributed by atoms with van der Waals surface area (Å²) in [4.78, 5) is 0. The van der Waals surface area contributed by atoms with Gasteiger partial charge in [-0.25, -0.2) is 0 Å². The van der Waals surface area contributed by atoms with E-state index in [-0.39, 0.29) is 0 Å². The van der Waals surface area contributed by atoms with Crippen LogP contribution in [0.1, 0.15) is 0 Å². The van der Waals surface area contributed by atoms with Gasteiger partial charge < -0.3 is 0 Å². The molecule has 1 aliphatic heterocycles. The quantitative estimate of drug-likeness (QED) is 0.664. The molecule has 3 rings (SSSR count). The van der Waals surface area contributed by atoms with Crippen molar-refractivity contribution in [3.8, 4) is 11.5 Å². The average Bonchev–Trinajstić information content (AvgIpc) is 2.28. The van der Waals surface area contributed by atoms with Crippen molar-refractivity contribution in [3.05, 3.63) is 46.4 Å². The molecule has 0 aliphatic carbocycles. The Morgan fingerprint density at radius 1 is 1.00 bits per heavy atom. The van der Waals surface area contributed by atoms with Crippen molar-refractivity contribution in [3.63, 3.8) is 0 Å². The number of para-hydroxylation sites is 1. The zero-order valence-corrected chi connectivity index (χ0v) is 12.6. The molecule has 0 saturated heterocycles. The molecule has 86 valence electrons. The Kier molecular flexibility index (Phi) is 3.04. The summed E-state index contributed by atoms with van der Waals surface area (Å²) in [6.45, 7) is 0. The third kappa shape index (κ3) is 1.96. The Bertz CT molecular complexity index is 600. The van der Waals surface area contributed by atoms with Crippen LogP contribution in [0.5, 0.6) is 11.5 Å². The molecule has 2 aromatic carbocycles. The number of ether oxygens (including phenoxy) is 1. The molecule has 0 aromatic heterocycles. The van der Waals surface area contributed by atoms with Crippen LogP contribution in [0.2, 0.25) is 10.0 Å². The number of hydrogen-bond acceptors (Lipinski definition) is 1. The summed E-state index contributed by atoms with van der Waals surface area (Å²) in [5.74, 6) is 1.50. The Labute approximate surface area is 118 Å². The standard InChI is InChI=1S/C12H6AsCl3O/c14-7-5-9(15)12-11(6-7)17-10-4-2-1-3-8(10)13(12)16/h1-6H. The molecular formula is C12H6AsCl3O. The van der Waals surface area contributed by atoms with Gasteiger partial charge in [0.15, 0.2) is 0 Å². The molecule has 1 heterocycles. The first-order valence-corrected chi connectivity index (χ1v) is 9.98. The van der Waals surface area contributed by atoms with Crippen LogP contribution in [-0.2, 0) is 0 Å². The van der Waals surface area contributed by atoms with Crippen LogP contribution in [0, 0.1) is 0 Å². The van der Waals surface area contributed by atoms with Crippen LogP contribution in [0.4, 0.5) is 0 Å². The van der Waals surface area contributed by atoms with Gasteiger partial charge in [0.05, 0.1) is 0 Å². The molecule has 0 radical (unpaired) electrons. The van der Waals surface area contributed by atoms with E-state index in [1.807, 2.05) is 24.3 Å². The van der Waals surface area contributed by atoms with Gasteiger partial charge in [-0.2, -0.15) is 0 Å². The number of benzene rings is 2. The molecule has 1 unspecified atom stereocenters. The van der Waals surface area contributed by atoms with Crippen LogP contribution in [0.3, 0.4) is 0 Å². The third-order valence-electron chi connectivity index (χ3n) is 2.49. The summed E-state index contributed by atoms with van der Waals surface area (Å²) in [5.41, 5.74) is 0. The minimum absolute atomic E-state index is 0.562. The van der Waals surface area contributed by atoms with Crippen LogP contribution < -0.4 is 13.4 Å². The first-order chi connectivity index (χ1) is 8.16. The summed E-state index contributed by atoms with van der Waals surface area (Å²) in [6.07, 6.45) is 0. The monoisotopic (exact) mass is 346 g/mol. The van der Waals surface area contributed by atoms with E-state index in [0.29, 0.717) is 15.8 Å². The van der Waals surface area contributed by atoms with E-state index in [0.717, 1.165) is 14.5 Å². The van der Waals surface area contributed by atoms with Crippen molar-refractivity contribution in [2.24, 2.45) is 0 Å². The van der Waals surface area contributed by atoms with Crippen molar-refractivity contribution in [1.29, 1.82) is 0 Å². The van der Waals surface area contributed by atoms with Crippen molar-refractivity contribution >= 4 is 55.6 Å². The zero-order valence-electron chi connectivity index (χ0n) is 8.45. The molecule has 0 saturated carbocycles. The van der Waals surface area contributed by atoms with E-state index >= 15 is 0 Å². The van der Waals surface area contributed by atoms with Crippen LogP contribution in [0.15, 0.2) is 36.4 Å². The maximum absolute atomic E-state index is 6.57. The Hall–Kier alpha value is -0.332. The van der Waals surface area contributed by atoms with Gasteiger partial charge >= 0.3 is 118 Å². The van der Waals surface area contributed by atoms with E-state index in [4.69, 9.17) is 37.9 Å². The maximum atomic E-state index is 6.57. The van der Waals surface area contributed by atoms with Gasteiger partial charge in [0.2, 0.25) is 0 Å². The van der Waals surface area contributed by atoms with Crippen molar-refractivity contribution < 1.29 is 4.74 Å². The van der Waals surface area contributed by atoms with Gasteiger partial charge in [0.1, 0.15) is 0 Å². The topological polar surface area (TPSA) is 9.23 Å². The summed E-state index contributed by atoms with van der Waals surface area (Å²) < 4.78 is 7.78. The molecular weight excluding hydrogens is 341 g/mol. The average molecular weight is 347 g/mol. The minimum atomic E-state index is -1.87. The molecule has 0 amide bonds. The Balaban J connectivity index is 2.23. The third-order valence-corrected chi connectivity index (χ3v) is 8.57. The molecule has 2 aromatic rings. The number of fused-ring (bicyclic) bond motifs is 2. The second kappa shape index (κ2) is 4.40. The first-order valence-electron chi connectivity index (χ1n) is 4.88. The van der Waals surface area contributed by atoms with Crippen LogP contribution >= 0.6 is 33.2 Å². The molecule has 17 heavy (non-hydrogen) atoms. The van der Waals surface area contributed by atoms with E-state index in [9.17, 15) is 0 Å². The summed E-state index contributed by atoms with van der Waals surface area (Å²) in [7, 11) is 6.57. The van der Waals surface area contributed by atoms with E-state index in [1.54, 1.807) is 12.1 Å². The molecule has 1 atom stereocenters. The second-order valence-corrected chi connectivity index (χ2v) is 9.31. The first kappa shape index (κ1) is 11.7. The van der Waals surface area contributed by atoms with Gasteiger partial charge in [-0.05, 0) is 0 Å². The second-order valence-electron chi connectivity index (χ2n) is 3.58. The summed E-state index contributed by atoms with van der Waals surface area (Å²) >= 11 is 10.3. The van der Waals surface area contributed by atoms with Crippen molar-refractivity contribution in [2.75, 3.05) is 0 Å². The Morgan fingerprint density at radius 3 is 2.59 bits per heavy atom. The van der Waals surface area contributed by atoms with E-state index < -0.39 is 13.7 Å². The number of halogens is 3. The van der Waals surface area contributed by atoms with E-state index in [1.165, 1.54) is 0 Å². The summed E-state index contributed by atoms with van der Waals surface area (Å²) in [5, 5.41) is 1.16. The predicted octanol–water partition coefficient (Wildman–Crippen LogP) is 3.44. The molecule has 0 N–H and O–H groups in total. The van der Waals surface area contributed by atoms with Gasteiger partial charge in [0.25, 0.3) is 0 Å². The molecule has 0 bridgehead atoms. The molecule has 0 fully saturated rings. The fourth-order valence-corrected chi connectivity index (χ4v) is 7.31. The normalized spacial score (nSPS) is 17.0. The fraction of sp³-hybridized carbons (Fsp3) is 0.